The predicted octanol–water partition coefficient (Wildman–Crippen LogP) is 2.72. The van der Waals surface area contributed by atoms with Gasteiger partial charge in [0.25, 0.3) is 5.91 Å². The molecule has 2 aromatic rings. The quantitative estimate of drug-likeness (QED) is 0.921. The van der Waals surface area contributed by atoms with Gasteiger partial charge in [-0.2, -0.15) is 0 Å². The minimum Gasteiger partial charge on any atom is -0.369 e. The molecule has 2 fully saturated rings. The lowest BCUT2D eigenvalue weighted by molar-refractivity contribution is -0.123. The van der Waals surface area contributed by atoms with Gasteiger partial charge in [-0.3, -0.25) is 9.59 Å². The van der Waals surface area contributed by atoms with E-state index in [1.807, 2.05) is 32.0 Å². The molecule has 6 heteroatoms. The molecule has 2 amide bonds. The Morgan fingerprint density at radius 3 is 2.76 bits per heavy atom. The number of hydrogen-bond donors (Lipinski definition) is 1. The summed E-state index contributed by atoms with van der Waals surface area (Å²) < 4.78 is 0. The highest BCUT2D eigenvalue weighted by Crippen LogP contribution is 2.59. The summed E-state index contributed by atoms with van der Waals surface area (Å²) in [6, 6.07) is 7.68. The standard InChI is InChI=1S/C19H20N3O2S/c1-10-5-4-6-13(7-10)16-15(21-12(3)25-16)17(23)22-11(2)8-19(18(20)24)9-14(19)22/h4-7,11,14H,2,8-9H2,1,3H3,(H2,20,24)/t11-,14-,19+/m0/s1. The summed E-state index contributed by atoms with van der Waals surface area (Å²) >= 11 is 1.51. The van der Waals surface area contributed by atoms with E-state index in [1.165, 1.54) is 11.3 Å². The Hall–Kier alpha value is -2.21. The molecular weight excluding hydrogens is 334 g/mol. The van der Waals surface area contributed by atoms with E-state index in [1.54, 1.807) is 4.90 Å². The van der Waals surface area contributed by atoms with Gasteiger partial charge >= 0.3 is 0 Å². The highest BCUT2D eigenvalue weighted by atomic mass is 32.1. The second-order valence-corrected chi connectivity index (χ2v) is 8.29. The molecule has 2 aliphatic rings. The number of benzene rings is 1. The number of hydrogen-bond acceptors (Lipinski definition) is 4. The lowest BCUT2D eigenvalue weighted by Gasteiger charge is -2.23. The van der Waals surface area contributed by atoms with Crippen LogP contribution in [0.25, 0.3) is 10.4 Å². The van der Waals surface area contributed by atoms with Gasteiger partial charge in [0, 0.05) is 12.1 Å². The Bertz CT molecular complexity index is 891. The second-order valence-electron chi connectivity index (χ2n) is 7.09. The van der Waals surface area contributed by atoms with Crippen LogP contribution >= 0.6 is 11.3 Å². The first-order valence-corrected chi connectivity index (χ1v) is 9.15. The number of carbonyl (C=O) groups is 2. The normalized spacial score (nSPS) is 27.2. The van der Waals surface area contributed by atoms with Crippen LogP contribution in [0.15, 0.2) is 24.3 Å². The zero-order valence-electron chi connectivity index (χ0n) is 14.3. The molecule has 25 heavy (non-hydrogen) atoms. The van der Waals surface area contributed by atoms with Crippen molar-refractivity contribution in [3.63, 3.8) is 0 Å². The number of fused-ring (bicyclic) bond motifs is 1. The summed E-state index contributed by atoms with van der Waals surface area (Å²) in [5.41, 5.74) is 7.56. The van der Waals surface area contributed by atoms with E-state index in [9.17, 15) is 9.59 Å². The van der Waals surface area contributed by atoms with E-state index in [0.717, 1.165) is 21.0 Å². The van der Waals surface area contributed by atoms with Crippen molar-refractivity contribution in [2.75, 3.05) is 0 Å². The van der Waals surface area contributed by atoms with Crippen molar-refractivity contribution in [1.29, 1.82) is 0 Å². The fraction of sp³-hybridized carbons (Fsp3) is 0.368. The molecule has 5 nitrogen and oxygen atoms in total. The molecule has 0 unspecified atom stereocenters. The van der Waals surface area contributed by atoms with Crippen molar-refractivity contribution >= 4 is 23.2 Å². The largest absolute Gasteiger partial charge is 0.369 e. The van der Waals surface area contributed by atoms with Crippen LogP contribution < -0.4 is 5.73 Å². The molecule has 3 atom stereocenters. The van der Waals surface area contributed by atoms with Gasteiger partial charge in [0.15, 0.2) is 0 Å². The molecule has 1 saturated heterocycles. The third kappa shape index (κ3) is 2.39. The van der Waals surface area contributed by atoms with Crippen molar-refractivity contribution in [2.45, 2.75) is 38.8 Å². The molecule has 1 aliphatic heterocycles. The van der Waals surface area contributed by atoms with Crippen molar-refractivity contribution in [3.05, 3.63) is 47.5 Å². The predicted molar refractivity (Wildman–Crippen MR) is 97.0 cm³/mol. The zero-order valence-corrected chi connectivity index (χ0v) is 15.1. The number of likely N-dealkylation sites (tertiary alicyclic amines) is 1. The number of aryl methyl sites for hydroxylation is 2. The number of carbonyl (C=O) groups excluding carboxylic acids is 2. The van der Waals surface area contributed by atoms with Gasteiger partial charge in [-0.25, -0.2) is 4.98 Å². The number of amides is 2. The fourth-order valence-corrected chi connectivity index (χ4v) is 4.90. The monoisotopic (exact) mass is 354 g/mol. The van der Waals surface area contributed by atoms with E-state index in [2.05, 4.69) is 18.0 Å². The summed E-state index contributed by atoms with van der Waals surface area (Å²) in [5, 5.41) is 0.844. The molecule has 2 heterocycles. The summed E-state index contributed by atoms with van der Waals surface area (Å²) in [6.45, 7) is 7.99. The molecule has 1 aliphatic carbocycles. The van der Waals surface area contributed by atoms with Gasteiger partial charge in [0.2, 0.25) is 5.91 Å². The smallest absolute Gasteiger partial charge is 0.274 e. The first kappa shape index (κ1) is 16.3. The molecule has 0 bridgehead atoms. The Labute approximate surface area is 150 Å². The maximum absolute atomic E-state index is 13.2. The van der Waals surface area contributed by atoms with Crippen LogP contribution in [0, 0.1) is 26.2 Å². The van der Waals surface area contributed by atoms with Gasteiger partial charge < -0.3 is 10.6 Å². The summed E-state index contributed by atoms with van der Waals surface area (Å²) in [6.07, 6.45) is 1.19. The minimum atomic E-state index is -0.573. The molecule has 1 saturated carbocycles. The van der Waals surface area contributed by atoms with Crippen molar-refractivity contribution in [2.24, 2.45) is 11.1 Å². The Morgan fingerprint density at radius 1 is 1.36 bits per heavy atom. The van der Waals surface area contributed by atoms with Crippen LogP contribution in [-0.2, 0) is 4.79 Å². The summed E-state index contributed by atoms with van der Waals surface area (Å²) in [5.74, 6) is -0.471. The SMILES string of the molecule is [CH2][C@H]1C[C@@]2(C(N)=O)C[C@@H]2N1C(=O)c1nc(C)sc1-c1cccc(C)c1. The molecule has 1 radical (unpaired) electrons. The van der Waals surface area contributed by atoms with Crippen LogP contribution in [0.5, 0.6) is 0 Å². The van der Waals surface area contributed by atoms with Crippen molar-refractivity contribution < 1.29 is 9.59 Å². The van der Waals surface area contributed by atoms with Gasteiger partial charge in [-0.15, -0.1) is 11.3 Å². The van der Waals surface area contributed by atoms with E-state index < -0.39 is 5.41 Å². The van der Waals surface area contributed by atoms with Crippen LogP contribution in [-0.4, -0.2) is 33.8 Å². The van der Waals surface area contributed by atoms with Crippen LogP contribution in [0.1, 0.15) is 33.9 Å². The number of nitrogens with zero attached hydrogens (tertiary/aromatic N) is 2. The molecule has 1 aromatic carbocycles. The van der Waals surface area contributed by atoms with Crippen LogP contribution in [0.3, 0.4) is 0 Å². The number of nitrogens with two attached hydrogens (primary N) is 1. The molecule has 4 rings (SSSR count). The highest BCUT2D eigenvalue weighted by molar-refractivity contribution is 7.15. The summed E-state index contributed by atoms with van der Waals surface area (Å²) in [7, 11) is 0. The zero-order chi connectivity index (χ0) is 17.9. The van der Waals surface area contributed by atoms with Crippen molar-refractivity contribution in [1.82, 2.24) is 9.88 Å². The summed E-state index contributed by atoms with van der Waals surface area (Å²) in [4.78, 5) is 32.1. The van der Waals surface area contributed by atoms with E-state index in [0.29, 0.717) is 18.5 Å². The maximum atomic E-state index is 13.2. The molecular formula is C19H20N3O2S. The van der Waals surface area contributed by atoms with Crippen LogP contribution in [0.4, 0.5) is 0 Å². The molecule has 1 aromatic heterocycles. The number of thiazole rings is 1. The van der Waals surface area contributed by atoms with E-state index in [4.69, 9.17) is 5.73 Å². The first-order valence-electron chi connectivity index (χ1n) is 8.33. The van der Waals surface area contributed by atoms with Gasteiger partial charge in [0.05, 0.1) is 15.3 Å². The number of aromatic nitrogens is 1. The lowest BCUT2D eigenvalue weighted by atomic mass is 10.00. The topological polar surface area (TPSA) is 76.3 Å². The van der Waals surface area contributed by atoms with E-state index in [-0.39, 0.29) is 23.9 Å². The molecule has 129 valence electrons. The molecule has 2 N–H and O–H groups in total. The molecule has 0 spiro atoms. The lowest BCUT2D eigenvalue weighted by Crippen LogP contribution is -2.37. The first-order chi connectivity index (χ1) is 11.8. The average molecular weight is 354 g/mol. The number of piperidine rings is 1. The Kier molecular flexibility index (Phi) is 3.51. The Morgan fingerprint density at radius 2 is 2.12 bits per heavy atom. The average Bonchev–Trinajstić information content (AvgIpc) is 2.98. The van der Waals surface area contributed by atoms with Gasteiger partial charge in [0.1, 0.15) is 5.69 Å². The highest BCUT2D eigenvalue weighted by Gasteiger charge is 2.68. The van der Waals surface area contributed by atoms with Gasteiger partial charge in [-0.05, 0) is 39.2 Å². The number of primary amides is 1. The van der Waals surface area contributed by atoms with E-state index >= 15 is 0 Å². The third-order valence-electron chi connectivity index (χ3n) is 5.31. The van der Waals surface area contributed by atoms with Gasteiger partial charge in [-0.1, -0.05) is 29.8 Å². The fourth-order valence-electron chi connectivity index (χ4n) is 3.99. The third-order valence-corrected chi connectivity index (χ3v) is 6.33. The number of rotatable bonds is 3. The van der Waals surface area contributed by atoms with Crippen molar-refractivity contribution in [3.8, 4) is 10.4 Å². The van der Waals surface area contributed by atoms with Crippen LogP contribution in [0.2, 0.25) is 0 Å². The maximum Gasteiger partial charge on any atom is 0.274 e. The Balaban J connectivity index is 1.72. The second kappa shape index (κ2) is 5.39. The minimum absolute atomic E-state index is 0.132.